The quantitative estimate of drug-likeness (QED) is 0.651. The summed E-state index contributed by atoms with van der Waals surface area (Å²) >= 11 is 0. The zero-order chi connectivity index (χ0) is 13.2. The number of aliphatic carboxylic acids is 1. The highest BCUT2D eigenvalue weighted by Crippen LogP contribution is 2.27. The van der Waals surface area contributed by atoms with Crippen LogP contribution >= 0.6 is 0 Å². The number of carboxylic acid groups (broad SMARTS) is 1. The van der Waals surface area contributed by atoms with Gasteiger partial charge in [-0.3, -0.25) is 9.59 Å². The fourth-order valence-corrected chi connectivity index (χ4v) is 1.24. The lowest BCUT2D eigenvalue weighted by Crippen LogP contribution is -2.13. The van der Waals surface area contributed by atoms with Crippen LogP contribution in [0, 0.1) is 17.5 Å². The molecule has 1 aromatic carbocycles. The average molecular weight is 248 g/mol. The number of benzene rings is 1. The largest absolute Gasteiger partial charge is 0.491 e. The molecule has 0 aliphatic rings. The molecule has 0 heterocycles. The summed E-state index contributed by atoms with van der Waals surface area (Å²) in [5, 5.41) is 8.34. The van der Waals surface area contributed by atoms with Crippen LogP contribution in [0.4, 0.5) is 13.2 Å². The normalized spacial score (nSPS) is 10.1. The summed E-state index contributed by atoms with van der Waals surface area (Å²) in [6.07, 6.45) is -1.09. The Kier molecular flexibility index (Phi) is 3.72. The topological polar surface area (TPSA) is 63.6 Å². The van der Waals surface area contributed by atoms with Crippen LogP contribution in [0.3, 0.4) is 0 Å². The maximum atomic E-state index is 13.5. The molecule has 0 amide bonds. The molecule has 17 heavy (non-hydrogen) atoms. The number of ether oxygens (including phenoxy) is 1. The van der Waals surface area contributed by atoms with Crippen LogP contribution in [0.15, 0.2) is 6.07 Å². The van der Waals surface area contributed by atoms with E-state index in [1.807, 2.05) is 0 Å². The summed E-state index contributed by atoms with van der Waals surface area (Å²) in [5.41, 5.74) is -1.12. The number of Topliss-reactive ketones (excluding diaryl/α,β-unsaturated/α-hetero) is 1. The van der Waals surface area contributed by atoms with Crippen molar-refractivity contribution in [1.82, 2.24) is 0 Å². The second-order valence-electron chi connectivity index (χ2n) is 3.06. The molecule has 0 fully saturated rings. The summed E-state index contributed by atoms with van der Waals surface area (Å²) in [7, 11) is 0.935. The van der Waals surface area contributed by atoms with Gasteiger partial charge in [0.2, 0.25) is 0 Å². The lowest BCUT2D eigenvalue weighted by Gasteiger charge is -2.08. The van der Waals surface area contributed by atoms with Gasteiger partial charge >= 0.3 is 5.97 Å². The molecular weight excluding hydrogens is 241 g/mol. The molecule has 1 rings (SSSR count). The fraction of sp³-hybridized carbons (Fsp3) is 0.200. The van der Waals surface area contributed by atoms with Gasteiger partial charge in [-0.1, -0.05) is 0 Å². The van der Waals surface area contributed by atoms with Gasteiger partial charge in [-0.15, -0.1) is 0 Å². The number of carbonyl (C=O) groups excluding carboxylic acids is 1. The minimum atomic E-state index is -1.55. The maximum Gasteiger partial charge on any atom is 0.311 e. The van der Waals surface area contributed by atoms with E-state index in [0.29, 0.717) is 0 Å². The van der Waals surface area contributed by atoms with E-state index in [4.69, 9.17) is 5.11 Å². The van der Waals surface area contributed by atoms with Crippen LogP contribution in [0.25, 0.3) is 0 Å². The van der Waals surface area contributed by atoms with Crippen molar-refractivity contribution in [2.45, 2.75) is 6.42 Å². The maximum absolute atomic E-state index is 13.5. The SMILES string of the molecule is COc1c(F)cc(F)c(C(=O)CC(=O)O)c1F. The molecule has 0 saturated carbocycles. The van der Waals surface area contributed by atoms with Gasteiger partial charge in [-0.2, -0.15) is 0 Å². The number of hydrogen-bond donors (Lipinski definition) is 1. The second kappa shape index (κ2) is 4.86. The Morgan fingerprint density at radius 2 is 1.88 bits per heavy atom. The van der Waals surface area contributed by atoms with Crippen molar-refractivity contribution in [2.24, 2.45) is 0 Å². The molecule has 1 aromatic rings. The Morgan fingerprint density at radius 3 is 2.35 bits per heavy atom. The van der Waals surface area contributed by atoms with Crippen LogP contribution in [-0.2, 0) is 4.79 Å². The summed E-state index contributed by atoms with van der Waals surface area (Å²) in [6.45, 7) is 0. The van der Waals surface area contributed by atoms with E-state index in [2.05, 4.69) is 4.74 Å². The van der Waals surface area contributed by atoms with Crippen LogP contribution in [-0.4, -0.2) is 24.0 Å². The number of carboxylic acids is 1. The Labute approximate surface area is 93.6 Å². The number of carbonyl (C=O) groups is 2. The van der Waals surface area contributed by atoms with Gasteiger partial charge in [0, 0.05) is 6.07 Å². The summed E-state index contributed by atoms with van der Waals surface area (Å²) in [4.78, 5) is 21.5. The molecular formula is C10H7F3O4. The molecule has 7 heteroatoms. The van der Waals surface area contributed by atoms with E-state index in [1.54, 1.807) is 0 Å². The molecule has 0 saturated heterocycles. The Morgan fingerprint density at radius 1 is 1.29 bits per heavy atom. The number of rotatable bonds is 4. The minimum Gasteiger partial charge on any atom is -0.491 e. The van der Waals surface area contributed by atoms with E-state index in [-0.39, 0.29) is 6.07 Å². The molecule has 0 aromatic heterocycles. The Bertz CT molecular complexity index is 485. The fourth-order valence-electron chi connectivity index (χ4n) is 1.24. The van der Waals surface area contributed by atoms with Gasteiger partial charge in [0.1, 0.15) is 12.2 Å². The van der Waals surface area contributed by atoms with Crippen LogP contribution in [0.5, 0.6) is 5.75 Å². The van der Waals surface area contributed by atoms with E-state index in [1.165, 1.54) is 0 Å². The number of methoxy groups -OCH3 is 1. The Balaban J connectivity index is 3.33. The monoisotopic (exact) mass is 248 g/mol. The van der Waals surface area contributed by atoms with Gasteiger partial charge in [-0.05, 0) is 0 Å². The van der Waals surface area contributed by atoms with E-state index in [0.717, 1.165) is 7.11 Å². The van der Waals surface area contributed by atoms with Crippen molar-refractivity contribution in [3.8, 4) is 5.75 Å². The van der Waals surface area contributed by atoms with Gasteiger partial charge < -0.3 is 9.84 Å². The number of ketones is 1. The Hall–Kier alpha value is -2.05. The number of halogens is 3. The first-order valence-electron chi connectivity index (χ1n) is 4.35. The zero-order valence-corrected chi connectivity index (χ0v) is 8.59. The average Bonchev–Trinajstić information content (AvgIpc) is 2.15. The molecule has 0 aliphatic heterocycles. The molecule has 0 radical (unpaired) electrons. The highest BCUT2D eigenvalue weighted by molar-refractivity contribution is 6.06. The lowest BCUT2D eigenvalue weighted by atomic mass is 10.1. The summed E-state index contributed by atoms with van der Waals surface area (Å²) in [5.74, 6) is -8.10. The predicted molar refractivity (Wildman–Crippen MR) is 49.5 cm³/mol. The van der Waals surface area contributed by atoms with E-state index < -0.39 is 46.9 Å². The van der Waals surface area contributed by atoms with Crippen molar-refractivity contribution >= 4 is 11.8 Å². The number of hydrogen-bond acceptors (Lipinski definition) is 3. The first kappa shape index (κ1) is 13.0. The van der Waals surface area contributed by atoms with Gasteiger partial charge in [-0.25, -0.2) is 13.2 Å². The lowest BCUT2D eigenvalue weighted by molar-refractivity contribution is -0.135. The molecule has 1 N–H and O–H groups in total. The van der Waals surface area contributed by atoms with Crippen LogP contribution < -0.4 is 4.74 Å². The van der Waals surface area contributed by atoms with Crippen LogP contribution in [0.1, 0.15) is 16.8 Å². The van der Waals surface area contributed by atoms with Crippen molar-refractivity contribution < 1.29 is 32.6 Å². The third-order valence-corrected chi connectivity index (χ3v) is 1.92. The molecule has 0 aliphatic carbocycles. The highest BCUT2D eigenvalue weighted by Gasteiger charge is 2.25. The first-order valence-corrected chi connectivity index (χ1v) is 4.35. The van der Waals surface area contributed by atoms with E-state index >= 15 is 0 Å². The van der Waals surface area contributed by atoms with Crippen molar-refractivity contribution in [3.05, 3.63) is 29.1 Å². The van der Waals surface area contributed by atoms with Gasteiger partial charge in [0.25, 0.3) is 0 Å². The minimum absolute atomic E-state index is 0.261. The van der Waals surface area contributed by atoms with Gasteiger partial charge in [0.05, 0.1) is 12.7 Å². The predicted octanol–water partition coefficient (Wildman–Crippen LogP) is 1.77. The van der Waals surface area contributed by atoms with E-state index in [9.17, 15) is 22.8 Å². The molecule has 92 valence electrons. The zero-order valence-electron chi connectivity index (χ0n) is 8.59. The molecule has 0 bridgehead atoms. The first-order chi connectivity index (χ1) is 7.88. The van der Waals surface area contributed by atoms with Gasteiger partial charge in [0.15, 0.2) is 23.2 Å². The standard InChI is InChI=1S/C10H7F3O4/c1-17-10-5(12)2-4(11)8(9(10)13)6(14)3-7(15)16/h2H,3H2,1H3,(H,15,16). The van der Waals surface area contributed by atoms with Crippen molar-refractivity contribution in [3.63, 3.8) is 0 Å². The molecule has 4 nitrogen and oxygen atoms in total. The third kappa shape index (κ3) is 2.55. The summed E-state index contributed by atoms with van der Waals surface area (Å²) in [6, 6.07) is 0.261. The molecule has 0 spiro atoms. The van der Waals surface area contributed by atoms with Crippen molar-refractivity contribution in [1.29, 1.82) is 0 Å². The highest BCUT2D eigenvalue weighted by atomic mass is 19.1. The molecule has 0 unspecified atom stereocenters. The summed E-state index contributed by atoms with van der Waals surface area (Å²) < 4.78 is 44.0. The second-order valence-corrected chi connectivity index (χ2v) is 3.06. The van der Waals surface area contributed by atoms with Crippen molar-refractivity contribution in [2.75, 3.05) is 7.11 Å². The van der Waals surface area contributed by atoms with Crippen LogP contribution in [0.2, 0.25) is 0 Å². The third-order valence-electron chi connectivity index (χ3n) is 1.92. The molecule has 0 atom stereocenters. The smallest absolute Gasteiger partial charge is 0.311 e.